The van der Waals surface area contributed by atoms with E-state index >= 15 is 0 Å². The normalized spacial score (nSPS) is 53.9. The first kappa shape index (κ1) is 3.01. The molecule has 0 spiro atoms. The highest BCUT2D eigenvalue weighted by Crippen LogP contribution is 2.39. The molecular weight excluding hydrogens is 188 g/mol. The summed E-state index contributed by atoms with van der Waals surface area (Å²) in [5, 5.41) is 12.3. The van der Waals surface area contributed by atoms with Crippen LogP contribution in [0, 0.1) is 0 Å². The largest absolute Gasteiger partial charge is 0.328 e. The summed E-state index contributed by atoms with van der Waals surface area (Å²) < 4.78 is 127. The Kier molecular flexibility index (Phi) is 0.689. The fourth-order valence-corrected chi connectivity index (χ4v) is 1.19. The van der Waals surface area contributed by atoms with E-state index in [1.165, 1.54) is 0 Å². The summed E-state index contributed by atoms with van der Waals surface area (Å²) in [6.45, 7) is -16.4. The Hall–Kier alpha value is -0.120. The van der Waals surface area contributed by atoms with Crippen molar-refractivity contribution in [2.45, 2.75) is 57.3 Å². The van der Waals surface area contributed by atoms with Gasteiger partial charge in [0.2, 0.25) is 0 Å². The molecule has 0 aromatic carbocycles. The Morgan fingerprint density at radius 2 is 1.60 bits per heavy atom. The Morgan fingerprint density at radius 1 is 1.20 bits per heavy atom. The summed E-state index contributed by atoms with van der Waals surface area (Å²) >= 11 is 0. The van der Waals surface area contributed by atoms with E-state index in [0.717, 1.165) is 21.1 Å². The molecule has 0 bridgehead atoms. The van der Waals surface area contributed by atoms with E-state index in [0.29, 0.717) is 0 Å². The highest BCUT2D eigenvalue weighted by Gasteiger charge is 2.49. The standard InChI is InChI=1S/C12H26N2O/c1-11(2)8-10(14(5,6)7)9-12(3,4)13(11)15/h10H,8-9H2,1-7H3/q+1/i1D3,2D3,3D3,4D3,8D2,9D2. The van der Waals surface area contributed by atoms with Crippen molar-refractivity contribution in [2.24, 2.45) is 0 Å². The predicted molar refractivity (Wildman–Crippen MR) is 61.7 cm³/mol. The van der Waals surface area contributed by atoms with Crippen molar-refractivity contribution in [3.8, 4) is 0 Å². The minimum absolute atomic E-state index is 0.921. The molecule has 1 heterocycles. The van der Waals surface area contributed by atoms with Gasteiger partial charge in [0.05, 0.1) is 27.2 Å². The number of piperidine rings is 1. The van der Waals surface area contributed by atoms with Gasteiger partial charge in [-0.1, -0.05) is 0 Å². The van der Waals surface area contributed by atoms with Crippen molar-refractivity contribution < 1.29 is 31.6 Å². The van der Waals surface area contributed by atoms with E-state index in [2.05, 4.69) is 0 Å². The molecule has 89 valence electrons. The van der Waals surface area contributed by atoms with Gasteiger partial charge in [-0.15, -0.1) is 10.3 Å². The van der Waals surface area contributed by atoms with Gasteiger partial charge in [0.25, 0.3) is 0 Å². The van der Waals surface area contributed by atoms with Crippen molar-refractivity contribution >= 4 is 0 Å². The third-order valence-corrected chi connectivity index (χ3v) is 2.08. The van der Waals surface area contributed by atoms with E-state index in [9.17, 15) is 5.21 Å². The van der Waals surface area contributed by atoms with Gasteiger partial charge in [-0.05, 0) is 27.4 Å². The first-order valence-corrected chi connectivity index (χ1v) is 4.31. The molecule has 0 saturated carbocycles. The number of nitrogens with zero attached hydrogens (tertiary/aromatic N) is 2. The van der Waals surface area contributed by atoms with Gasteiger partial charge < -0.3 is 4.48 Å². The lowest BCUT2D eigenvalue weighted by Gasteiger charge is -2.52. The van der Waals surface area contributed by atoms with Gasteiger partial charge in [0.15, 0.2) is 0 Å². The van der Waals surface area contributed by atoms with Crippen LogP contribution in [0.25, 0.3) is 0 Å². The maximum atomic E-state index is 13.6. The first-order chi connectivity index (χ1) is 13.0. The van der Waals surface area contributed by atoms with Crippen molar-refractivity contribution in [2.75, 3.05) is 21.1 Å². The third kappa shape index (κ3) is 2.52. The summed E-state index contributed by atoms with van der Waals surface area (Å²) in [7, 11) is 3.36. The third-order valence-electron chi connectivity index (χ3n) is 2.08. The summed E-state index contributed by atoms with van der Waals surface area (Å²) in [6.07, 6.45) is -7.51. The zero-order valence-electron chi connectivity index (χ0n) is 24.9. The number of hydrogen-bond donors (Lipinski definition) is 0. The number of rotatable bonds is 1. The average molecular weight is 230 g/mol. The minimum atomic E-state index is -4.22. The molecule has 15 heavy (non-hydrogen) atoms. The quantitative estimate of drug-likeness (QED) is 0.632. The van der Waals surface area contributed by atoms with Gasteiger partial charge in [0.1, 0.15) is 0 Å². The summed E-state index contributed by atoms with van der Waals surface area (Å²) in [6, 6.07) is -2.51. The Bertz CT molecular complexity index is 614. The minimum Gasteiger partial charge on any atom is -0.328 e. The topological polar surface area (TPSA) is 23.1 Å². The molecule has 3 nitrogen and oxygen atoms in total. The van der Waals surface area contributed by atoms with E-state index in [4.69, 9.17) is 21.9 Å². The molecule has 1 rings (SSSR count). The van der Waals surface area contributed by atoms with Crippen molar-refractivity contribution in [3.63, 3.8) is 0 Å². The Labute approximate surface area is 117 Å². The molecule has 0 N–H and O–H groups in total. The van der Waals surface area contributed by atoms with E-state index in [1.54, 1.807) is 0 Å². The second-order valence-corrected chi connectivity index (χ2v) is 4.52. The molecule has 0 unspecified atom stereocenters. The fourth-order valence-electron chi connectivity index (χ4n) is 1.19. The van der Waals surface area contributed by atoms with Crippen LogP contribution in [0.5, 0.6) is 0 Å². The van der Waals surface area contributed by atoms with E-state index < -0.39 is 66.8 Å². The van der Waals surface area contributed by atoms with E-state index in [1.807, 2.05) is 0 Å². The van der Waals surface area contributed by atoms with Crippen LogP contribution in [0.15, 0.2) is 0 Å². The van der Waals surface area contributed by atoms with Crippen LogP contribution < -0.4 is 0 Å². The average Bonchev–Trinajstić information content (AvgIpc) is 2.25. The maximum absolute atomic E-state index is 13.6. The lowest BCUT2D eigenvalue weighted by molar-refractivity contribution is -0.899. The van der Waals surface area contributed by atoms with Gasteiger partial charge in [-0.25, -0.2) is 0 Å². The Morgan fingerprint density at radius 3 is 1.87 bits per heavy atom. The number of hydrogen-bond acceptors (Lipinski definition) is 1. The molecule has 0 aliphatic carbocycles. The summed E-state index contributed by atoms with van der Waals surface area (Å²) in [5.41, 5.74) is -8.45. The zero-order chi connectivity index (χ0) is 25.7. The summed E-state index contributed by atoms with van der Waals surface area (Å²) in [4.78, 5) is 0. The van der Waals surface area contributed by atoms with Gasteiger partial charge >= 0.3 is 0 Å². The molecule has 3 heteroatoms. The van der Waals surface area contributed by atoms with Crippen LogP contribution in [0.3, 0.4) is 0 Å². The molecule has 0 aromatic rings. The predicted octanol–water partition coefficient (Wildman–Crippen LogP) is 2.06. The first-order valence-electron chi connectivity index (χ1n) is 12.3. The van der Waals surface area contributed by atoms with Gasteiger partial charge in [-0.3, -0.25) is 0 Å². The second kappa shape index (κ2) is 3.44. The highest BCUT2D eigenvalue weighted by molar-refractivity contribution is 4.96. The zero-order valence-corrected chi connectivity index (χ0v) is 8.88. The summed E-state index contributed by atoms with van der Waals surface area (Å²) in [5.74, 6) is 0. The molecule has 1 aliphatic heterocycles. The van der Waals surface area contributed by atoms with Crippen LogP contribution in [-0.2, 0) is 5.21 Å². The SMILES string of the molecule is [2H]C([2H])([2H])C1(C([2H])([2H])[2H])N([O])C(C([2H])([2H])[2H])(C([2H])([2H])[2H])C([2H])([2H])C([N+](C)(C)C)C1([2H])[2H]. The maximum Gasteiger partial charge on any atom is 0.0921 e. The van der Waals surface area contributed by atoms with Crippen molar-refractivity contribution in [1.29, 1.82) is 0 Å². The van der Waals surface area contributed by atoms with E-state index in [-0.39, 0.29) is 0 Å². The molecule has 0 atom stereocenters. The molecule has 0 amide bonds. The molecule has 1 radical (unpaired) electrons. The van der Waals surface area contributed by atoms with Crippen molar-refractivity contribution in [3.05, 3.63) is 0 Å². The number of hydroxylamine groups is 2. The van der Waals surface area contributed by atoms with Gasteiger partial charge in [-0.2, -0.15) is 0 Å². The molecule has 1 saturated heterocycles. The van der Waals surface area contributed by atoms with Crippen molar-refractivity contribution in [1.82, 2.24) is 5.06 Å². The lowest BCUT2D eigenvalue weighted by Crippen LogP contribution is -2.64. The number of quaternary nitrogens is 1. The van der Waals surface area contributed by atoms with Crippen LogP contribution in [0.2, 0.25) is 0 Å². The lowest BCUT2D eigenvalue weighted by atomic mass is 9.78. The van der Waals surface area contributed by atoms with Crippen LogP contribution in [-0.4, -0.2) is 47.8 Å². The molecule has 0 aromatic heterocycles. The van der Waals surface area contributed by atoms with Gasteiger partial charge in [0, 0.05) is 45.8 Å². The second-order valence-electron chi connectivity index (χ2n) is 4.52. The molecule has 1 aliphatic rings. The van der Waals surface area contributed by atoms with Crippen LogP contribution in [0.1, 0.15) is 62.1 Å². The van der Waals surface area contributed by atoms with Crippen LogP contribution in [0.4, 0.5) is 0 Å². The molecular formula is C12H26N2O+. The monoisotopic (exact) mass is 230 g/mol. The fraction of sp³-hybridized carbons (Fsp3) is 1.00. The Balaban J connectivity index is 4.59. The molecule has 1 fully saturated rings. The highest BCUT2D eigenvalue weighted by atomic mass is 16.5. The van der Waals surface area contributed by atoms with Crippen LogP contribution >= 0.6 is 0 Å². The smallest absolute Gasteiger partial charge is 0.0921 e.